The molecule has 4 nitrogen and oxygen atoms in total. The summed E-state index contributed by atoms with van der Waals surface area (Å²) in [6.07, 6.45) is 3.85. The maximum atomic E-state index is 5.73. The number of furan rings is 1. The van der Waals surface area contributed by atoms with E-state index < -0.39 is 0 Å². The van der Waals surface area contributed by atoms with Crippen LogP contribution in [-0.2, 0) is 6.54 Å². The van der Waals surface area contributed by atoms with Gasteiger partial charge < -0.3 is 13.9 Å². The number of thiophene rings is 1. The van der Waals surface area contributed by atoms with E-state index in [1.165, 1.54) is 10.4 Å². The smallest absolute Gasteiger partial charge is 0.176 e. The van der Waals surface area contributed by atoms with Crippen molar-refractivity contribution in [3.63, 3.8) is 0 Å². The van der Waals surface area contributed by atoms with Crippen LogP contribution < -0.4 is 0 Å². The first-order valence-corrected chi connectivity index (χ1v) is 8.22. The van der Waals surface area contributed by atoms with Gasteiger partial charge in [-0.1, -0.05) is 0 Å². The van der Waals surface area contributed by atoms with Crippen LogP contribution >= 0.6 is 11.3 Å². The van der Waals surface area contributed by atoms with Crippen molar-refractivity contribution in [2.75, 3.05) is 14.1 Å². The van der Waals surface area contributed by atoms with Crippen LogP contribution in [0.15, 0.2) is 40.4 Å². The summed E-state index contributed by atoms with van der Waals surface area (Å²) < 4.78 is 7.90. The van der Waals surface area contributed by atoms with Crippen molar-refractivity contribution in [3.05, 3.63) is 52.2 Å². The Labute approximate surface area is 135 Å². The molecule has 0 aliphatic carbocycles. The Morgan fingerprint density at radius 3 is 2.68 bits per heavy atom. The third kappa shape index (κ3) is 2.87. The highest BCUT2D eigenvalue weighted by Gasteiger charge is 2.20. The molecule has 0 aliphatic heterocycles. The molecule has 22 heavy (non-hydrogen) atoms. The van der Waals surface area contributed by atoms with Gasteiger partial charge in [-0.05, 0) is 57.1 Å². The van der Waals surface area contributed by atoms with E-state index in [1.54, 1.807) is 0 Å². The van der Waals surface area contributed by atoms with E-state index >= 15 is 0 Å². The fourth-order valence-corrected chi connectivity index (χ4v) is 3.74. The Bertz CT molecular complexity index is 753. The van der Waals surface area contributed by atoms with Crippen LogP contribution in [0.3, 0.4) is 0 Å². The predicted octanol–water partition coefficient (Wildman–Crippen LogP) is 4.12. The molecule has 0 bridgehead atoms. The molecule has 0 radical (unpaired) electrons. The largest absolute Gasteiger partial charge is 0.458 e. The molecule has 116 valence electrons. The number of likely N-dealkylation sites (N-methyl/N-ethyl adjacent to an activating group) is 1. The molecule has 0 saturated carbocycles. The number of aromatic nitrogens is 2. The van der Waals surface area contributed by atoms with Crippen LogP contribution in [0.2, 0.25) is 0 Å². The van der Waals surface area contributed by atoms with Crippen LogP contribution in [0.25, 0.3) is 11.6 Å². The van der Waals surface area contributed by atoms with Gasteiger partial charge in [0.15, 0.2) is 11.6 Å². The third-order valence-corrected chi connectivity index (χ3v) is 4.99. The number of nitrogens with zero attached hydrogens (tertiary/aromatic N) is 3. The molecule has 0 fully saturated rings. The molecule has 0 N–H and O–H groups in total. The van der Waals surface area contributed by atoms with Crippen molar-refractivity contribution >= 4 is 11.3 Å². The maximum absolute atomic E-state index is 5.73. The summed E-state index contributed by atoms with van der Waals surface area (Å²) in [5.74, 6) is 2.61. The zero-order valence-electron chi connectivity index (χ0n) is 13.4. The lowest BCUT2D eigenvalue weighted by molar-refractivity contribution is 0.272. The number of hydrogen-bond donors (Lipinski definition) is 0. The summed E-state index contributed by atoms with van der Waals surface area (Å²) >= 11 is 1.81. The van der Waals surface area contributed by atoms with Gasteiger partial charge in [-0.3, -0.25) is 0 Å². The summed E-state index contributed by atoms with van der Waals surface area (Å²) in [5, 5.41) is 2.16. The summed E-state index contributed by atoms with van der Waals surface area (Å²) in [6.45, 7) is 4.98. The maximum Gasteiger partial charge on any atom is 0.176 e. The molecule has 3 aromatic heterocycles. The number of imidazole rings is 1. The molecule has 3 rings (SSSR count). The second-order valence-electron chi connectivity index (χ2n) is 5.76. The minimum Gasteiger partial charge on any atom is -0.458 e. The predicted molar refractivity (Wildman–Crippen MR) is 90.2 cm³/mol. The Morgan fingerprint density at radius 2 is 2.09 bits per heavy atom. The minimum absolute atomic E-state index is 0.323. The quantitative estimate of drug-likeness (QED) is 0.710. The monoisotopic (exact) mass is 315 g/mol. The van der Waals surface area contributed by atoms with Gasteiger partial charge in [-0.2, -0.15) is 0 Å². The van der Waals surface area contributed by atoms with Gasteiger partial charge >= 0.3 is 0 Å². The molecule has 0 saturated heterocycles. The molecule has 0 aliphatic rings. The van der Waals surface area contributed by atoms with Gasteiger partial charge in [-0.15, -0.1) is 11.3 Å². The Hall–Kier alpha value is -1.85. The van der Waals surface area contributed by atoms with Crippen molar-refractivity contribution < 1.29 is 4.42 Å². The molecular formula is C17H21N3OS. The fourth-order valence-electron chi connectivity index (χ4n) is 2.63. The standard InChI is InChI=1S/C17H21N3OS/c1-12-7-10-22-16(12)14(19(3)4)11-20-9-8-18-17(20)15-6-5-13(2)21-15/h5-10,14H,11H2,1-4H3. The van der Waals surface area contributed by atoms with Crippen LogP contribution in [0, 0.1) is 13.8 Å². The average molecular weight is 315 g/mol. The van der Waals surface area contributed by atoms with Crippen molar-refractivity contribution in [2.24, 2.45) is 0 Å². The van der Waals surface area contributed by atoms with Gasteiger partial charge in [0.25, 0.3) is 0 Å². The van der Waals surface area contributed by atoms with Crippen molar-refractivity contribution in [3.8, 4) is 11.6 Å². The van der Waals surface area contributed by atoms with E-state index in [-0.39, 0.29) is 0 Å². The van der Waals surface area contributed by atoms with E-state index in [9.17, 15) is 0 Å². The van der Waals surface area contributed by atoms with Crippen molar-refractivity contribution in [2.45, 2.75) is 26.4 Å². The molecule has 0 aromatic carbocycles. The highest BCUT2D eigenvalue weighted by Crippen LogP contribution is 2.30. The van der Waals surface area contributed by atoms with E-state index in [0.29, 0.717) is 6.04 Å². The first kappa shape index (κ1) is 15.1. The lowest BCUT2D eigenvalue weighted by atomic mass is 10.1. The van der Waals surface area contributed by atoms with Crippen molar-refractivity contribution in [1.29, 1.82) is 0 Å². The molecule has 5 heteroatoms. The Kier molecular flexibility index (Phi) is 4.18. The molecular weight excluding hydrogens is 294 g/mol. The van der Waals surface area contributed by atoms with E-state index in [4.69, 9.17) is 4.42 Å². The normalized spacial score (nSPS) is 13.0. The van der Waals surface area contributed by atoms with Crippen LogP contribution in [0.1, 0.15) is 22.2 Å². The minimum atomic E-state index is 0.323. The van der Waals surface area contributed by atoms with Crippen molar-refractivity contribution in [1.82, 2.24) is 14.5 Å². The van der Waals surface area contributed by atoms with Gasteiger partial charge in [0.2, 0.25) is 0 Å². The topological polar surface area (TPSA) is 34.2 Å². The van der Waals surface area contributed by atoms with E-state index in [2.05, 4.69) is 46.9 Å². The molecule has 0 spiro atoms. The zero-order valence-corrected chi connectivity index (χ0v) is 14.2. The molecule has 3 aromatic rings. The Balaban J connectivity index is 1.92. The second-order valence-corrected chi connectivity index (χ2v) is 6.71. The van der Waals surface area contributed by atoms with Gasteiger partial charge in [0, 0.05) is 23.8 Å². The molecule has 3 heterocycles. The summed E-state index contributed by atoms with van der Waals surface area (Å²) in [5.41, 5.74) is 1.35. The van der Waals surface area contributed by atoms with E-state index in [0.717, 1.165) is 23.9 Å². The highest BCUT2D eigenvalue weighted by molar-refractivity contribution is 7.10. The zero-order chi connectivity index (χ0) is 15.7. The SMILES string of the molecule is Cc1ccc(-c2nccn2CC(c2sccc2C)N(C)C)o1. The molecule has 0 amide bonds. The van der Waals surface area contributed by atoms with E-state index in [1.807, 2.05) is 42.8 Å². The van der Waals surface area contributed by atoms with Crippen LogP contribution in [-0.4, -0.2) is 28.5 Å². The second kappa shape index (κ2) is 6.10. The van der Waals surface area contributed by atoms with Gasteiger partial charge in [0.05, 0.1) is 6.04 Å². The number of aryl methyl sites for hydroxylation is 2. The summed E-state index contributed by atoms with van der Waals surface area (Å²) in [4.78, 5) is 8.13. The lowest BCUT2D eigenvalue weighted by Gasteiger charge is -2.25. The average Bonchev–Trinajstić information content (AvgIpc) is 3.17. The van der Waals surface area contributed by atoms with Crippen LogP contribution in [0.5, 0.6) is 0 Å². The van der Waals surface area contributed by atoms with Gasteiger partial charge in [0.1, 0.15) is 5.76 Å². The highest BCUT2D eigenvalue weighted by atomic mass is 32.1. The fraction of sp³-hybridized carbons (Fsp3) is 0.353. The summed E-state index contributed by atoms with van der Waals surface area (Å²) in [6, 6.07) is 6.46. The Morgan fingerprint density at radius 1 is 1.27 bits per heavy atom. The van der Waals surface area contributed by atoms with Crippen LogP contribution in [0.4, 0.5) is 0 Å². The first-order valence-electron chi connectivity index (χ1n) is 7.34. The lowest BCUT2D eigenvalue weighted by Crippen LogP contribution is -2.24. The number of hydrogen-bond acceptors (Lipinski definition) is 4. The number of rotatable bonds is 5. The molecule has 1 atom stereocenters. The van der Waals surface area contributed by atoms with Gasteiger partial charge in [-0.25, -0.2) is 4.98 Å². The first-order chi connectivity index (χ1) is 10.6. The third-order valence-electron chi connectivity index (χ3n) is 3.87. The summed E-state index contributed by atoms with van der Waals surface area (Å²) in [7, 11) is 4.24. The molecule has 1 unspecified atom stereocenters.